The minimum atomic E-state index is -5.22. The second-order valence-corrected chi connectivity index (χ2v) is 23.1. The van der Waals surface area contributed by atoms with Gasteiger partial charge in [0, 0.05) is 34.9 Å². The maximum absolute atomic E-state index is 15.6. The van der Waals surface area contributed by atoms with E-state index in [1.165, 1.54) is 13.8 Å². The van der Waals surface area contributed by atoms with Crippen LogP contribution in [-0.4, -0.2) is 89.2 Å². The van der Waals surface area contributed by atoms with Gasteiger partial charge in [0.1, 0.15) is 40.9 Å². The Labute approximate surface area is 415 Å². The van der Waals surface area contributed by atoms with Crippen LogP contribution in [-0.2, 0) is 61.1 Å². The van der Waals surface area contributed by atoms with Crippen LogP contribution in [0.25, 0.3) is 22.0 Å². The summed E-state index contributed by atoms with van der Waals surface area (Å²) in [5.41, 5.74) is 5.82. The average molecular weight is 1100 g/mol. The molecule has 0 saturated heterocycles. The second-order valence-electron chi connectivity index (χ2n) is 18.3. The summed E-state index contributed by atoms with van der Waals surface area (Å²) in [5.74, 6) is -7.27. The Balaban J connectivity index is 1.48. The predicted molar refractivity (Wildman–Crippen MR) is 246 cm³/mol. The summed E-state index contributed by atoms with van der Waals surface area (Å²) >= 11 is 6.66. The number of carbonyl (C=O) groups is 2. The number of alkyl halides is 8. The number of pyridine rings is 1. The molecule has 0 radical (unpaired) electrons. The number of hydrogen-bond donors (Lipinski definition) is 3. The summed E-state index contributed by atoms with van der Waals surface area (Å²) in [7, 11) is -8.70. The molecule has 2 amide bonds. The third-order valence-electron chi connectivity index (χ3n) is 12.3. The van der Waals surface area contributed by atoms with Gasteiger partial charge in [-0.1, -0.05) is 30.0 Å². The number of rotatable bonds is 16. The molecule has 28 heteroatoms. The quantitative estimate of drug-likeness (QED) is 0.0517. The molecule has 5 aromatic rings. The maximum Gasteiger partial charge on any atom is 0.435 e. The highest BCUT2D eigenvalue weighted by Crippen LogP contribution is 2.68. The van der Waals surface area contributed by atoms with Gasteiger partial charge in [-0.25, -0.2) is 30.6 Å². The molecule has 4 atom stereocenters. The van der Waals surface area contributed by atoms with Crippen LogP contribution >= 0.6 is 11.6 Å². The molecule has 15 nitrogen and oxygen atoms in total. The Bertz CT molecular complexity index is 3310. The van der Waals surface area contributed by atoms with Gasteiger partial charge < -0.3 is 16.8 Å². The number of sulfone groups is 1. The van der Waals surface area contributed by atoms with Crippen LogP contribution in [0.2, 0.25) is 5.02 Å². The molecule has 7 rings (SSSR count). The highest BCUT2D eigenvalue weighted by molar-refractivity contribution is 7.93. The summed E-state index contributed by atoms with van der Waals surface area (Å²) in [4.78, 5) is 32.6. The fraction of sp³-hybridized carbons (Fsp3) is 0.444. The van der Waals surface area contributed by atoms with Crippen molar-refractivity contribution in [3.8, 4) is 23.0 Å². The smallest absolute Gasteiger partial charge is 0.346 e. The normalized spacial score (nSPS) is 17.4. The number of nitrogens with one attached hydrogen (secondary N) is 1. The summed E-state index contributed by atoms with van der Waals surface area (Å²) in [6.45, 7) is -0.604. The molecule has 2 aliphatic carbocycles. The van der Waals surface area contributed by atoms with Crippen LogP contribution in [0.5, 0.6) is 0 Å². The van der Waals surface area contributed by atoms with Crippen molar-refractivity contribution in [2.75, 3.05) is 23.4 Å². The first-order chi connectivity index (χ1) is 33.6. The van der Waals surface area contributed by atoms with E-state index in [9.17, 15) is 61.5 Å². The fourth-order valence-electron chi connectivity index (χ4n) is 8.61. The van der Waals surface area contributed by atoms with Crippen LogP contribution in [0.3, 0.4) is 0 Å². The largest absolute Gasteiger partial charge is 0.435 e. The first-order valence-electron chi connectivity index (χ1n) is 21.9. The maximum atomic E-state index is 15.6. The number of carbonyl (C=O) groups excluding carboxylic acids is 2. The lowest BCUT2D eigenvalue weighted by atomic mass is 9.93. The number of fused-ring (bicyclic) bond motifs is 4. The summed E-state index contributed by atoms with van der Waals surface area (Å²) in [6, 6.07) is 3.28. The lowest BCUT2D eigenvalue weighted by molar-refractivity contribution is -0.143. The monoisotopic (exact) mass is 1100 g/mol. The number of sulfonamides is 1. The van der Waals surface area contributed by atoms with E-state index >= 15 is 8.78 Å². The first-order valence-corrected chi connectivity index (χ1v) is 26.1. The van der Waals surface area contributed by atoms with Gasteiger partial charge in [0.15, 0.2) is 21.3 Å². The van der Waals surface area contributed by atoms with Crippen molar-refractivity contribution in [3.63, 3.8) is 0 Å². The molecule has 2 aromatic carbocycles. The third-order valence-corrected chi connectivity index (χ3v) is 15.6. The number of anilines is 1. The van der Waals surface area contributed by atoms with Crippen LogP contribution in [0.15, 0.2) is 42.5 Å². The van der Waals surface area contributed by atoms with Crippen LogP contribution in [0.4, 0.5) is 49.7 Å². The average Bonchev–Trinajstić information content (AvgIpc) is 3.77. The minimum absolute atomic E-state index is 0.0944. The number of unbranched alkanes of at least 4 members (excludes halogenated alkanes) is 1. The van der Waals surface area contributed by atoms with Crippen molar-refractivity contribution < 1.29 is 70.3 Å². The number of amides is 2. The minimum Gasteiger partial charge on any atom is -0.346 e. The third kappa shape index (κ3) is 11.3. The second kappa shape index (κ2) is 19.5. The van der Waals surface area contributed by atoms with Crippen LogP contribution in [0.1, 0.15) is 85.4 Å². The SMILES string of the molecule is CC(C)(C#Cc1ccc(-c2ccc(Cl)c3c(N(C(=O)[C@@H](N)CCCCN)S(C)(=O)=O)nn(CC(F)(F)F)c23)c([C@H](Cc2cc(F)cc(F)c2)NC(=O)Cn2nc(C(F)(F)F)c3c2C(F)(F)[C@@H]2C[C@H]32)n1)S(C)(=O)=O. The molecular weight excluding hydrogens is 1050 g/mol. The van der Waals surface area contributed by atoms with E-state index in [1.807, 2.05) is 0 Å². The van der Waals surface area contributed by atoms with E-state index in [4.69, 9.17) is 23.1 Å². The van der Waals surface area contributed by atoms with Crippen molar-refractivity contribution >= 4 is 60.0 Å². The van der Waals surface area contributed by atoms with E-state index in [2.05, 4.69) is 32.3 Å². The molecule has 0 spiro atoms. The van der Waals surface area contributed by atoms with Gasteiger partial charge in [0.25, 0.3) is 11.8 Å². The van der Waals surface area contributed by atoms with Crippen molar-refractivity contribution in [1.82, 2.24) is 29.9 Å². The zero-order chi connectivity index (χ0) is 54.1. The van der Waals surface area contributed by atoms with E-state index in [1.54, 1.807) is 0 Å². The van der Waals surface area contributed by atoms with Gasteiger partial charge in [0.05, 0.1) is 40.0 Å². The Morgan fingerprint density at radius 3 is 2.19 bits per heavy atom. The lowest BCUT2D eigenvalue weighted by Gasteiger charge is -2.23. The molecule has 394 valence electrons. The van der Waals surface area contributed by atoms with Crippen molar-refractivity contribution in [2.45, 2.75) is 100 Å². The highest BCUT2D eigenvalue weighted by Gasteiger charge is 2.68. The number of hydrogen-bond acceptors (Lipinski definition) is 11. The molecule has 2 aliphatic rings. The molecule has 3 heterocycles. The van der Waals surface area contributed by atoms with Crippen LogP contribution < -0.4 is 21.1 Å². The lowest BCUT2D eigenvalue weighted by Crippen LogP contribution is -2.47. The number of nitrogens with two attached hydrogens (primary N) is 2. The number of aromatic nitrogens is 5. The molecule has 1 fully saturated rings. The van der Waals surface area contributed by atoms with Crippen molar-refractivity contribution in [2.24, 2.45) is 17.4 Å². The van der Waals surface area contributed by atoms with Gasteiger partial charge in [0.2, 0.25) is 15.9 Å². The zero-order valence-electron chi connectivity index (χ0n) is 38.8. The summed E-state index contributed by atoms with van der Waals surface area (Å²) < 4.78 is 198. The fourth-order valence-corrected chi connectivity index (χ4v) is 9.99. The van der Waals surface area contributed by atoms with E-state index < -0.39 is 154 Å². The Kier molecular flexibility index (Phi) is 14.7. The Hall–Kier alpha value is -5.82. The van der Waals surface area contributed by atoms with E-state index in [0.29, 0.717) is 18.7 Å². The first kappa shape index (κ1) is 54.9. The van der Waals surface area contributed by atoms with Gasteiger partial charge >= 0.3 is 12.4 Å². The van der Waals surface area contributed by atoms with Crippen LogP contribution in [0, 0.1) is 29.4 Å². The molecule has 73 heavy (non-hydrogen) atoms. The number of benzene rings is 2. The predicted octanol–water partition coefficient (Wildman–Crippen LogP) is 7.04. The molecule has 0 bridgehead atoms. The van der Waals surface area contributed by atoms with Gasteiger partial charge in [-0.2, -0.15) is 49.6 Å². The zero-order valence-corrected chi connectivity index (χ0v) is 41.2. The van der Waals surface area contributed by atoms with Gasteiger partial charge in [-0.3, -0.25) is 19.0 Å². The molecule has 0 unspecified atom stereocenters. The Morgan fingerprint density at radius 2 is 1.60 bits per heavy atom. The number of nitrogens with zero attached hydrogens (tertiary/aromatic N) is 6. The standard InChI is InChI=1S/C45H44ClF10N9O6S2/c1-42(2,72(3,68)69)13-12-25-8-9-26(27-10-11-30(46)35-37(27)64(21-43(49,50)51)62-40(35)65(73(4,70)71)41(67)31(58)7-5-6-14-57)36(59-25)32(17-22-15-23(47)18-24(48)16-22)60-33(66)20-63-39-34(38(61-63)45(54,55)56)28-19-29(28)44(39,52)53/h8-11,15-16,18,28-29,31-32H,5-7,14,17,19-21,57-58H2,1-4H3,(H,60,66)/t28-,29+,31-,32-/m0/s1. The van der Waals surface area contributed by atoms with Gasteiger partial charge in [-0.05, 0) is 93.8 Å². The molecular formula is C45H44ClF10N9O6S2. The summed E-state index contributed by atoms with van der Waals surface area (Å²) in [5, 5.41) is 8.75. The highest BCUT2D eigenvalue weighted by atomic mass is 35.5. The molecule has 3 aromatic heterocycles. The molecule has 5 N–H and O–H groups in total. The molecule has 0 aliphatic heterocycles. The summed E-state index contributed by atoms with van der Waals surface area (Å²) in [6.07, 6.45) is -9.40. The van der Waals surface area contributed by atoms with Gasteiger partial charge in [-0.15, -0.1) is 0 Å². The molecule has 1 saturated carbocycles. The van der Waals surface area contributed by atoms with E-state index in [-0.39, 0.29) is 61.9 Å². The van der Waals surface area contributed by atoms with Crippen molar-refractivity contribution in [1.29, 1.82) is 0 Å². The van der Waals surface area contributed by atoms with E-state index in [0.717, 1.165) is 42.7 Å². The van der Waals surface area contributed by atoms with Crippen molar-refractivity contribution in [3.05, 3.63) is 93.0 Å². The number of halogens is 11. The Morgan fingerprint density at radius 1 is 0.959 bits per heavy atom. The topological polar surface area (TPSA) is 218 Å².